The number of hydroxylamine groups is 1. The summed E-state index contributed by atoms with van der Waals surface area (Å²) in [7, 11) is 0. The molecule has 2 N–H and O–H groups in total. The molecular weight excluding hydrogens is 452 g/mol. The van der Waals surface area contributed by atoms with Gasteiger partial charge in [-0.2, -0.15) is 0 Å². The monoisotopic (exact) mass is 468 g/mol. The van der Waals surface area contributed by atoms with Crippen LogP contribution in [0.15, 0.2) is 45.9 Å². The van der Waals surface area contributed by atoms with Gasteiger partial charge in [-0.25, -0.2) is 10.3 Å². The third kappa shape index (κ3) is 4.94. The normalized spacial score (nSPS) is 16.3. The Kier molecular flexibility index (Phi) is 6.98. The predicted octanol–water partition coefficient (Wildman–Crippen LogP) is 4.14. The molecule has 1 aliphatic rings. The minimum absolute atomic E-state index is 0.0431. The molecule has 0 saturated carbocycles. The van der Waals surface area contributed by atoms with Crippen molar-refractivity contribution in [1.82, 2.24) is 5.48 Å². The van der Waals surface area contributed by atoms with Gasteiger partial charge in [0, 0.05) is 22.7 Å². The largest absolute Gasteiger partial charge is 0.494 e. The third-order valence-corrected chi connectivity index (χ3v) is 6.96. The van der Waals surface area contributed by atoms with Crippen LogP contribution in [-0.4, -0.2) is 29.4 Å². The van der Waals surface area contributed by atoms with Gasteiger partial charge >= 0.3 is 0 Å². The second-order valence-corrected chi connectivity index (χ2v) is 9.27. The molecule has 2 aromatic rings. The zero-order valence-electron chi connectivity index (χ0n) is 14.2. The first kappa shape index (κ1) is 20.0. The van der Waals surface area contributed by atoms with Crippen molar-refractivity contribution in [2.45, 2.75) is 18.2 Å². The zero-order valence-corrected chi connectivity index (χ0v) is 17.4. The number of nitrogens with zero attached hydrogens (tertiary/aromatic N) is 1. The predicted molar refractivity (Wildman–Crippen MR) is 110 cm³/mol. The van der Waals surface area contributed by atoms with Gasteiger partial charge in [-0.1, -0.05) is 0 Å². The Morgan fingerprint density at radius 3 is 2.74 bits per heavy atom. The number of thioether (sulfide) groups is 1. The van der Waals surface area contributed by atoms with Crippen molar-refractivity contribution in [1.29, 1.82) is 0 Å². The smallest absolute Gasteiger partial charge is 0.243 e. The summed E-state index contributed by atoms with van der Waals surface area (Å²) in [5.74, 6) is 2.94. The first-order valence-corrected chi connectivity index (χ1v) is 10.8. The Morgan fingerprint density at radius 1 is 1.33 bits per heavy atom. The van der Waals surface area contributed by atoms with Crippen LogP contribution in [0.3, 0.4) is 0 Å². The Bertz CT molecular complexity index is 849. The Morgan fingerprint density at radius 2 is 2.11 bits per heavy atom. The number of halogens is 1. The SMILES string of the molecule is O=C=C1CSC(c2ccc(Br)s2)N1c1ccc(OCCCC(=O)NO)cc1. The summed E-state index contributed by atoms with van der Waals surface area (Å²) in [5, 5.41) is 8.50. The summed E-state index contributed by atoms with van der Waals surface area (Å²) in [6, 6.07) is 11.6. The fraction of sp³-hybridized carbons (Fsp3) is 0.278. The number of anilines is 1. The number of benzene rings is 1. The molecule has 1 saturated heterocycles. The second-order valence-electron chi connectivity index (χ2n) is 5.70. The van der Waals surface area contributed by atoms with E-state index in [9.17, 15) is 9.59 Å². The molecule has 142 valence electrons. The number of carbonyl (C=O) groups excluding carboxylic acids is 2. The molecule has 0 spiro atoms. The fourth-order valence-corrected chi connectivity index (χ4v) is 5.56. The highest BCUT2D eigenvalue weighted by molar-refractivity contribution is 9.11. The second kappa shape index (κ2) is 9.43. The van der Waals surface area contributed by atoms with Gasteiger partial charge in [0.05, 0.1) is 10.4 Å². The van der Waals surface area contributed by atoms with Crippen molar-refractivity contribution in [3.05, 3.63) is 50.8 Å². The van der Waals surface area contributed by atoms with Crippen LogP contribution in [0.5, 0.6) is 5.75 Å². The van der Waals surface area contributed by atoms with Gasteiger partial charge in [0.15, 0.2) is 0 Å². The number of hydrogen-bond acceptors (Lipinski definition) is 7. The van der Waals surface area contributed by atoms with E-state index in [1.54, 1.807) is 28.6 Å². The van der Waals surface area contributed by atoms with Crippen molar-refractivity contribution < 1.29 is 19.5 Å². The quantitative estimate of drug-likeness (QED) is 0.275. The number of amides is 1. The topological polar surface area (TPSA) is 78.9 Å². The Labute approximate surface area is 173 Å². The minimum Gasteiger partial charge on any atom is -0.494 e. The number of rotatable bonds is 7. The molecule has 6 nitrogen and oxygen atoms in total. The highest BCUT2D eigenvalue weighted by Gasteiger charge is 2.33. The molecule has 9 heteroatoms. The van der Waals surface area contributed by atoms with Crippen molar-refractivity contribution in [3.8, 4) is 5.75 Å². The molecule has 1 fully saturated rings. The summed E-state index contributed by atoms with van der Waals surface area (Å²) in [6.07, 6.45) is 0.704. The van der Waals surface area contributed by atoms with E-state index in [4.69, 9.17) is 9.94 Å². The summed E-state index contributed by atoms with van der Waals surface area (Å²) in [4.78, 5) is 25.5. The molecule has 0 aliphatic carbocycles. The average molecular weight is 469 g/mol. The van der Waals surface area contributed by atoms with E-state index in [2.05, 4.69) is 27.9 Å². The van der Waals surface area contributed by atoms with Crippen LogP contribution >= 0.6 is 39.0 Å². The van der Waals surface area contributed by atoms with Crippen molar-refractivity contribution >= 4 is 56.6 Å². The van der Waals surface area contributed by atoms with E-state index in [1.165, 1.54) is 4.88 Å². The summed E-state index contributed by atoms with van der Waals surface area (Å²) < 4.78 is 6.67. The molecule has 1 aliphatic heterocycles. The molecule has 1 aromatic heterocycles. The van der Waals surface area contributed by atoms with Gasteiger partial charge in [-0.3, -0.25) is 10.0 Å². The average Bonchev–Trinajstić information content (AvgIpc) is 3.31. The molecule has 1 aromatic carbocycles. The fourth-order valence-electron chi connectivity index (χ4n) is 2.67. The lowest BCUT2D eigenvalue weighted by molar-refractivity contribution is -0.129. The van der Waals surface area contributed by atoms with Crippen LogP contribution in [0.2, 0.25) is 0 Å². The first-order chi connectivity index (χ1) is 13.1. The van der Waals surface area contributed by atoms with Gasteiger partial charge in [0.1, 0.15) is 22.8 Å². The maximum absolute atomic E-state index is 11.4. The van der Waals surface area contributed by atoms with E-state index in [1.807, 2.05) is 35.2 Å². The number of nitrogens with one attached hydrogen (secondary N) is 1. The van der Waals surface area contributed by atoms with Crippen LogP contribution in [-0.2, 0) is 9.59 Å². The van der Waals surface area contributed by atoms with E-state index in [0.717, 1.165) is 9.47 Å². The van der Waals surface area contributed by atoms with E-state index in [-0.39, 0.29) is 11.8 Å². The maximum atomic E-state index is 11.4. The van der Waals surface area contributed by atoms with Gasteiger partial charge in [-0.05, 0) is 58.7 Å². The molecule has 3 rings (SSSR count). The van der Waals surface area contributed by atoms with Crippen molar-refractivity contribution in [3.63, 3.8) is 0 Å². The Balaban J connectivity index is 1.68. The summed E-state index contributed by atoms with van der Waals surface area (Å²) in [5.41, 5.74) is 3.12. The van der Waals surface area contributed by atoms with Gasteiger partial charge in [0.2, 0.25) is 5.91 Å². The van der Waals surface area contributed by atoms with Crippen LogP contribution in [0.25, 0.3) is 0 Å². The van der Waals surface area contributed by atoms with Crippen molar-refractivity contribution in [2.75, 3.05) is 17.3 Å². The van der Waals surface area contributed by atoms with E-state index >= 15 is 0 Å². The lowest BCUT2D eigenvalue weighted by atomic mass is 10.2. The standard InChI is InChI=1S/C18H17BrN2O4S2/c19-16-8-7-15(27-16)18-21(13(10-22)11-26-18)12-3-5-14(6-4-12)25-9-1-2-17(23)20-24/h3-8,18,24H,1-2,9,11H2,(H,20,23). The van der Waals surface area contributed by atoms with E-state index < -0.39 is 5.91 Å². The lowest BCUT2D eigenvalue weighted by Crippen LogP contribution is -2.20. The zero-order chi connectivity index (χ0) is 19.2. The molecule has 1 atom stereocenters. The molecule has 2 heterocycles. The molecule has 0 radical (unpaired) electrons. The molecule has 1 unspecified atom stereocenters. The Hall–Kier alpha value is -1.77. The van der Waals surface area contributed by atoms with Gasteiger partial charge in [-0.15, -0.1) is 23.1 Å². The third-order valence-electron chi connectivity index (χ3n) is 3.91. The molecule has 27 heavy (non-hydrogen) atoms. The number of ether oxygens (including phenoxy) is 1. The van der Waals surface area contributed by atoms with Crippen LogP contribution in [0.4, 0.5) is 5.69 Å². The van der Waals surface area contributed by atoms with Gasteiger partial charge in [0.25, 0.3) is 0 Å². The van der Waals surface area contributed by atoms with Crippen LogP contribution < -0.4 is 15.1 Å². The molecular formula is C18H17BrN2O4S2. The highest BCUT2D eigenvalue weighted by atomic mass is 79.9. The minimum atomic E-state index is -0.431. The maximum Gasteiger partial charge on any atom is 0.243 e. The van der Waals surface area contributed by atoms with Crippen molar-refractivity contribution in [2.24, 2.45) is 0 Å². The number of hydrogen-bond donors (Lipinski definition) is 2. The molecule has 0 bridgehead atoms. The van der Waals surface area contributed by atoms with Crippen LogP contribution in [0, 0.1) is 0 Å². The molecule has 1 amide bonds. The summed E-state index contributed by atoms with van der Waals surface area (Å²) >= 11 is 6.84. The summed E-state index contributed by atoms with van der Waals surface area (Å²) in [6.45, 7) is 0.373. The number of carbonyl (C=O) groups is 1. The van der Waals surface area contributed by atoms with Gasteiger partial charge < -0.3 is 9.64 Å². The number of thiophene rings is 1. The first-order valence-electron chi connectivity index (χ1n) is 8.18. The highest BCUT2D eigenvalue weighted by Crippen LogP contribution is 2.47. The lowest BCUT2D eigenvalue weighted by Gasteiger charge is -2.25. The van der Waals surface area contributed by atoms with E-state index in [0.29, 0.717) is 30.2 Å². The van der Waals surface area contributed by atoms with Crippen LogP contribution in [0.1, 0.15) is 23.1 Å².